The summed E-state index contributed by atoms with van der Waals surface area (Å²) < 4.78 is 4.83. The van der Waals surface area contributed by atoms with Gasteiger partial charge in [-0.2, -0.15) is 0 Å². The van der Waals surface area contributed by atoms with Gasteiger partial charge in [0.15, 0.2) is 0 Å². The Hall–Kier alpha value is -0.970. The molecule has 0 fully saturated rings. The maximum Gasteiger partial charge on any atom is 0.309 e. The Morgan fingerprint density at radius 3 is 2.58 bits per heavy atom. The third-order valence-electron chi connectivity index (χ3n) is 1.40. The first-order chi connectivity index (χ1) is 5.72. The number of carbonyl (C=O) groups excluding carboxylic acids is 1. The molecule has 0 heterocycles. The molecule has 0 aromatic heterocycles. The summed E-state index contributed by atoms with van der Waals surface area (Å²) in [5, 5.41) is 0. The minimum atomic E-state index is -0.150. The molecule has 0 aliphatic carbocycles. The van der Waals surface area contributed by atoms with Gasteiger partial charge in [-0.25, -0.2) is 0 Å². The topological polar surface area (TPSA) is 26.3 Å². The van der Waals surface area contributed by atoms with E-state index in [0.29, 0.717) is 13.0 Å². The second-order valence-electron chi connectivity index (χ2n) is 2.56. The van der Waals surface area contributed by atoms with Gasteiger partial charge in [0.1, 0.15) is 0 Å². The molecule has 2 heteroatoms. The van der Waals surface area contributed by atoms with E-state index in [9.17, 15) is 4.79 Å². The Kier molecular flexibility index (Phi) is 6.18. The van der Waals surface area contributed by atoms with Crippen LogP contribution in [0.5, 0.6) is 0 Å². The maximum atomic E-state index is 11.0. The average molecular weight is 168 g/mol. The first-order valence-corrected chi connectivity index (χ1v) is 4.34. The molecule has 0 amide bonds. The molecule has 0 rings (SSSR count). The lowest BCUT2D eigenvalue weighted by Crippen LogP contribution is -2.13. The maximum absolute atomic E-state index is 11.0. The van der Waals surface area contributed by atoms with Gasteiger partial charge in [0.2, 0.25) is 0 Å². The molecule has 0 saturated heterocycles. The number of hydrogen-bond acceptors (Lipinski definition) is 2. The quantitative estimate of drug-likeness (QED) is 0.476. The number of rotatable bonds is 3. The molecule has 68 valence electrons. The highest BCUT2D eigenvalue weighted by Crippen LogP contribution is 2.02. The van der Waals surface area contributed by atoms with Crippen molar-refractivity contribution in [3.8, 4) is 11.8 Å². The molecule has 1 atom stereocenters. The smallest absolute Gasteiger partial charge is 0.309 e. The van der Waals surface area contributed by atoms with Crippen molar-refractivity contribution in [1.82, 2.24) is 0 Å². The monoisotopic (exact) mass is 168 g/mol. The Bertz CT molecular complexity index is 186. The first kappa shape index (κ1) is 11.0. The van der Waals surface area contributed by atoms with Gasteiger partial charge in [0.05, 0.1) is 12.5 Å². The van der Waals surface area contributed by atoms with Crippen LogP contribution in [0.3, 0.4) is 0 Å². The summed E-state index contributed by atoms with van der Waals surface area (Å²) in [5.74, 6) is 5.60. The lowest BCUT2D eigenvalue weighted by molar-refractivity contribution is -0.147. The van der Waals surface area contributed by atoms with E-state index in [2.05, 4.69) is 11.8 Å². The Morgan fingerprint density at radius 1 is 1.42 bits per heavy atom. The Balaban J connectivity index is 3.71. The lowest BCUT2D eigenvalue weighted by Gasteiger charge is -2.05. The van der Waals surface area contributed by atoms with E-state index >= 15 is 0 Å². The van der Waals surface area contributed by atoms with E-state index in [-0.39, 0.29) is 11.9 Å². The van der Waals surface area contributed by atoms with Crippen molar-refractivity contribution in [2.45, 2.75) is 33.6 Å². The molecular formula is C10H16O2. The summed E-state index contributed by atoms with van der Waals surface area (Å²) in [6.07, 6.45) is 1.45. The second-order valence-corrected chi connectivity index (χ2v) is 2.56. The summed E-state index contributed by atoms with van der Waals surface area (Å²) in [5.41, 5.74) is 0. The molecule has 0 N–H and O–H groups in total. The minimum absolute atomic E-state index is 0.0935. The van der Waals surface area contributed by atoms with Crippen molar-refractivity contribution in [1.29, 1.82) is 0 Å². The van der Waals surface area contributed by atoms with Crippen molar-refractivity contribution in [2.24, 2.45) is 5.92 Å². The van der Waals surface area contributed by atoms with Crippen molar-refractivity contribution < 1.29 is 9.53 Å². The summed E-state index contributed by atoms with van der Waals surface area (Å²) in [6, 6.07) is 0. The van der Waals surface area contributed by atoms with E-state index in [1.807, 2.05) is 20.8 Å². The van der Waals surface area contributed by atoms with Gasteiger partial charge in [-0.3, -0.25) is 4.79 Å². The average Bonchev–Trinajstić information content (AvgIpc) is 2.05. The van der Waals surface area contributed by atoms with Crippen molar-refractivity contribution in [3.63, 3.8) is 0 Å². The van der Waals surface area contributed by atoms with E-state index < -0.39 is 0 Å². The van der Waals surface area contributed by atoms with Gasteiger partial charge >= 0.3 is 5.97 Å². The van der Waals surface area contributed by atoms with Crippen LogP contribution in [0.15, 0.2) is 0 Å². The molecule has 0 radical (unpaired) electrons. The van der Waals surface area contributed by atoms with E-state index in [1.54, 1.807) is 0 Å². The molecule has 0 saturated carbocycles. The predicted octanol–water partition coefficient (Wildman–Crippen LogP) is 1.99. The van der Waals surface area contributed by atoms with Crippen LogP contribution in [0.1, 0.15) is 33.6 Å². The fourth-order valence-electron chi connectivity index (χ4n) is 0.718. The predicted molar refractivity (Wildman–Crippen MR) is 48.5 cm³/mol. The fraction of sp³-hybridized carbons (Fsp3) is 0.700. The van der Waals surface area contributed by atoms with Crippen LogP contribution >= 0.6 is 0 Å². The fourth-order valence-corrected chi connectivity index (χ4v) is 0.718. The third-order valence-corrected chi connectivity index (χ3v) is 1.40. The standard InChI is InChI=1S/C10H16O2/c1-4-6-7-8-9(3)10(11)12-5-2/h9H,4-5,8H2,1-3H3. The lowest BCUT2D eigenvalue weighted by atomic mass is 10.1. The largest absolute Gasteiger partial charge is 0.466 e. The number of carbonyl (C=O) groups is 1. The SMILES string of the molecule is CCC#CCC(C)C(=O)OCC. The van der Waals surface area contributed by atoms with Gasteiger partial charge in [0.25, 0.3) is 0 Å². The highest BCUT2D eigenvalue weighted by atomic mass is 16.5. The molecule has 0 aromatic carbocycles. The van der Waals surface area contributed by atoms with Crippen LogP contribution in [-0.4, -0.2) is 12.6 Å². The molecule has 2 nitrogen and oxygen atoms in total. The zero-order chi connectivity index (χ0) is 9.40. The number of esters is 1. The Morgan fingerprint density at radius 2 is 2.08 bits per heavy atom. The summed E-state index contributed by atoms with van der Waals surface area (Å²) in [4.78, 5) is 11.0. The van der Waals surface area contributed by atoms with Gasteiger partial charge in [-0.15, -0.1) is 11.8 Å². The summed E-state index contributed by atoms with van der Waals surface area (Å²) >= 11 is 0. The van der Waals surface area contributed by atoms with E-state index in [1.165, 1.54) is 0 Å². The van der Waals surface area contributed by atoms with Gasteiger partial charge in [-0.1, -0.05) is 13.8 Å². The molecule has 12 heavy (non-hydrogen) atoms. The third kappa shape index (κ3) is 4.79. The van der Waals surface area contributed by atoms with Crippen molar-refractivity contribution in [3.05, 3.63) is 0 Å². The number of ether oxygens (including phenoxy) is 1. The van der Waals surface area contributed by atoms with Crippen molar-refractivity contribution >= 4 is 5.97 Å². The van der Waals surface area contributed by atoms with E-state index in [0.717, 1.165) is 6.42 Å². The van der Waals surface area contributed by atoms with Crippen LogP contribution in [0.25, 0.3) is 0 Å². The van der Waals surface area contributed by atoms with Crippen LogP contribution in [-0.2, 0) is 9.53 Å². The normalized spacial score (nSPS) is 11.2. The molecule has 0 aliphatic heterocycles. The zero-order valence-corrected chi connectivity index (χ0v) is 8.02. The minimum Gasteiger partial charge on any atom is -0.466 e. The molecule has 0 aliphatic rings. The molecule has 1 unspecified atom stereocenters. The van der Waals surface area contributed by atoms with Gasteiger partial charge in [0, 0.05) is 12.8 Å². The number of hydrogen-bond donors (Lipinski definition) is 0. The second kappa shape index (κ2) is 6.72. The van der Waals surface area contributed by atoms with Crippen LogP contribution in [0.4, 0.5) is 0 Å². The van der Waals surface area contributed by atoms with Crippen LogP contribution in [0, 0.1) is 17.8 Å². The molecule has 0 aromatic rings. The highest BCUT2D eigenvalue weighted by molar-refractivity contribution is 5.72. The van der Waals surface area contributed by atoms with Crippen molar-refractivity contribution in [2.75, 3.05) is 6.61 Å². The van der Waals surface area contributed by atoms with Crippen LogP contribution < -0.4 is 0 Å². The Labute approximate surface area is 74.3 Å². The molecular weight excluding hydrogens is 152 g/mol. The summed E-state index contributed by atoms with van der Waals surface area (Å²) in [7, 11) is 0. The van der Waals surface area contributed by atoms with E-state index in [4.69, 9.17) is 4.74 Å². The summed E-state index contributed by atoms with van der Waals surface area (Å²) in [6.45, 7) is 6.08. The molecule has 0 spiro atoms. The highest BCUT2D eigenvalue weighted by Gasteiger charge is 2.11. The van der Waals surface area contributed by atoms with Gasteiger partial charge in [-0.05, 0) is 6.92 Å². The molecule has 0 bridgehead atoms. The zero-order valence-electron chi connectivity index (χ0n) is 8.02. The van der Waals surface area contributed by atoms with Gasteiger partial charge < -0.3 is 4.74 Å². The first-order valence-electron chi connectivity index (χ1n) is 4.34. The van der Waals surface area contributed by atoms with Crippen LogP contribution in [0.2, 0.25) is 0 Å².